The van der Waals surface area contributed by atoms with Gasteiger partial charge in [0.25, 0.3) is 0 Å². The van der Waals surface area contributed by atoms with Gasteiger partial charge in [0, 0.05) is 19.3 Å². The number of rotatable bonds is 8. The third-order valence-electron chi connectivity index (χ3n) is 3.43. The van der Waals surface area contributed by atoms with E-state index in [2.05, 4.69) is 45.7 Å². The van der Waals surface area contributed by atoms with Gasteiger partial charge in [-0.3, -0.25) is 0 Å². The van der Waals surface area contributed by atoms with Gasteiger partial charge >= 0.3 is 0 Å². The molecule has 2 rings (SSSR count). The number of hydrogen-bond acceptors (Lipinski definition) is 4. The number of aryl methyl sites for hydroxylation is 2. The van der Waals surface area contributed by atoms with Crippen molar-refractivity contribution in [3.05, 3.63) is 29.9 Å². The van der Waals surface area contributed by atoms with Crippen molar-refractivity contribution >= 4 is 0 Å². The summed E-state index contributed by atoms with van der Waals surface area (Å²) in [6.45, 7) is 12.1. The normalized spacial score (nSPS) is 11.5. The minimum atomic E-state index is 0.648. The maximum Gasteiger partial charge on any atom is 0.146 e. The van der Waals surface area contributed by atoms with Crippen molar-refractivity contribution < 1.29 is 0 Å². The Bertz CT molecular complexity index is 554. The van der Waals surface area contributed by atoms with Gasteiger partial charge in [0.05, 0.1) is 12.2 Å². The SMILES string of the molecule is CCCn1ncnc1Cn1c(CNCC(C)C)cnc1C. The summed E-state index contributed by atoms with van der Waals surface area (Å²) in [6, 6.07) is 0. The van der Waals surface area contributed by atoms with Crippen LogP contribution >= 0.6 is 0 Å². The average molecular weight is 290 g/mol. The molecular weight excluding hydrogens is 264 g/mol. The first-order valence-electron chi connectivity index (χ1n) is 7.70. The maximum absolute atomic E-state index is 4.44. The monoisotopic (exact) mass is 290 g/mol. The molecule has 0 atom stereocenters. The van der Waals surface area contributed by atoms with E-state index in [1.165, 1.54) is 5.69 Å². The van der Waals surface area contributed by atoms with Crippen LogP contribution in [0.5, 0.6) is 0 Å². The van der Waals surface area contributed by atoms with Crippen LogP contribution < -0.4 is 5.32 Å². The zero-order valence-electron chi connectivity index (χ0n) is 13.5. The Morgan fingerprint density at radius 3 is 2.81 bits per heavy atom. The quantitative estimate of drug-likeness (QED) is 0.807. The molecule has 0 amide bonds. The largest absolute Gasteiger partial charge is 0.323 e. The Hall–Kier alpha value is -1.69. The Labute approximate surface area is 126 Å². The Balaban J connectivity index is 2.08. The standard InChI is InChI=1S/C15H26N6/c1-5-6-21-15(18-11-19-21)10-20-13(4)17-9-14(20)8-16-7-12(2)3/h9,11-12,16H,5-8,10H2,1-4H3. The first-order valence-corrected chi connectivity index (χ1v) is 7.70. The Morgan fingerprint density at radius 1 is 1.29 bits per heavy atom. The van der Waals surface area contributed by atoms with Crippen LogP contribution in [0.2, 0.25) is 0 Å². The topological polar surface area (TPSA) is 60.6 Å². The highest BCUT2D eigenvalue weighted by molar-refractivity contribution is 5.07. The number of aromatic nitrogens is 5. The molecule has 2 aromatic heterocycles. The molecule has 116 valence electrons. The predicted octanol–water partition coefficient (Wildman–Crippen LogP) is 1.99. The molecule has 0 aromatic carbocycles. The fraction of sp³-hybridized carbons (Fsp3) is 0.667. The smallest absolute Gasteiger partial charge is 0.146 e. The second-order valence-electron chi connectivity index (χ2n) is 5.81. The van der Waals surface area contributed by atoms with Crippen LogP contribution in [0.1, 0.15) is 44.5 Å². The molecule has 2 aromatic rings. The fourth-order valence-corrected chi connectivity index (χ4v) is 2.31. The zero-order chi connectivity index (χ0) is 15.2. The summed E-state index contributed by atoms with van der Waals surface area (Å²) < 4.78 is 4.19. The number of nitrogens with one attached hydrogen (secondary N) is 1. The van der Waals surface area contributed by atoms with E-state index in [1.54, 1.807) is 6.33 Å². The van der Waals surface area contributed by atoms with Gasteiger partial charge in [-0.05, 0) is 25.8 Å². The molecule has 0 fully saturated rings. The van der Waals surface area contributed by atoms with Crippen molar-refractivity contribution in [2.75, 3.05) is 6.54 Å². The van der Waals surface area contributed by atoms with E-state index in [0.29, 0.717) is 5.92 Å². The summed E-state index contributed by atoms with van der Waals surface area (Å²) in [5.74, 6) is 2.65. The highest BCUT2D eigenvalue weighted by Crippen LogP contribution is 2.09. The molecule has 0 saturated carbocycles. The van der Waals surface area contributed by atoms with Crippen LogP contribution in [-0.4, -0.2) is 30.9 Å². The van der Waals surface area contributed by atoms with Crippen LogP contribution in [0.25, 0.3) is 0 Å². The average Bonchev–Trinajstić information content (AvgIpc) is 3.00. The predicted molar refractivity (Wildman–Crippen MR) is 82.9 cm³/mol. The zero-order valence-corrected chi connectivity index (χ0v) is 13.5. The summed E-state index contributed by atoms with van der Waals surface area (Å²) in [5.41, 5.74) is 1.19. The molecule has 6 heteroatoms. The molecule has 0 bridgehead atoms. The lowest BCUT2D eigenvalue weighted by Gasteiger charge is -2.12. The van der Waals surface area contributed by atoms with Crippen molar-refractivity contribution in [2.45, 2.75) is 53.8 Å². The van der Waals surface area contributed by atoms with Gasteiger partial charge in [-0.1, -0.05) is 20.8 Å². The maximum atomic E-state index is 4.44. The molecule has 0 aliphatic heterocycles. The van der Waals surface area contributed by atoms with E-state index in [0.717, 1.165) is 44.2 Å². The van der Waals surface area contributed by atoms with Gasteiger partial charge in [-0.25, -0.2) is 14.6 Å². The van der Waals surface area contributed by atoms with E-state index in [9.17, 15) is 0 Å². The van der Waals surface area contributed by atoms with E-state index in [1.807, 2.05) is 17.8 Å². The van der Waals surface area contributed by atoms with E-state index < -0.39 is 0 Å². The molecule has 0 unspecified atom stereocenters. The summed E-state index contributed by atoms with van der Waals surface area (Å²) in [5, 5.41) is 7.76. The minimum Gasteiger partial charge on any atom is -0.323 e. The first kappa shape index (κ1) is 15.7. The van der Waals surface area contributed by atoms with Crippen LogP contribution in [-0.2, 0) is 19.6 Å². The van der Waals surface area contributed by atoms with Crippen LogP contribution in [0.15, 0.2) is 12.5 Å². The summed E-state index contributed by atoms with van der Waals surface area (Å²) in [6.07, 6.45) is 4.64. The molecule has 1 N–H and O–H groups in total. The summed E-state index contributed by atoms with van der Waals surface area (Å²) in [7, 11) is 0. The first-order chi connectivity index (χ1) is 10.1. The molecule has 6 nitrogen and oxygen atoms in total. The molecule has 2 heterocycles. The second kappa shape index (κ2) is 7.36. The van der Waals surface area contributed by atoms with Crippen molar-refractivity contribution in [1.29, 1.82) is 0 Å². The van der Waals surface area contributed by atoms with E-state index in [-0.39, 0.29) is 0 Å². The van der Waals surface area contributed by atoms with Gasteiger partial charge < -0.3 is 9.88 Å². The minimum absolute atomic E-state index is 0.648. The van der Waals surface area contributed by atoms with Gasteiger partial charge in [-0.15, -0.1) is 0 Å². The van der Waals surface area contributed by atoms with E-state index in [4.69, 9.17) is 0 Å². The summed E-state index contributed by atoms with van der Waals surface area (Å²) in [4.78, 5) is 8.82. The van der Waals surface area contributed by atoms with Crippen LogP contribution in [0.3, 0.4) is 0 Å². The van der Waals surface area contributed by atoms with Crippen molar-refractivity contribution in [1.82, 2.24) is 29.6 Å². The lowest BCUT2D eigenvalue weighted by Crippen LogP contribution is -2.22. The van der Waals surface area contributed by atoms with Gasteiger partial charge in [0.15, 0.2) is 0 Å². The van der Waals surface area contributed by atoms with Crippen LogP contribution in [0.4, 0.5) is 0 Å². The number of hydrogen-bond donors (Lipinski definition) is 1. The van der Waals surface area contributed by atoms with Crippen LogP contribution in [0, 0.1) is 12.8 Å². The third kappa shape index (κ3) is 4.14. The molecule has 0 spiro atoms. The molecular formula is C15H26N6. The summed E-state index contributed by atoms with van der Waals surface area (Å²) >= 11 is 0. The lowest BCUT2D eigenvalue weighted by atomic mass is 10.2. The van der Waals surface area contributed by atoms with Crippen molar-refractivity contribution in [3.8, 4) is 0 Å². The number of nitrogens with zero attached hydrogens (tertiary/aromatic N) is 5. The molecule has 21 heavy (non-hydrogen) atoms. The van der Waals surface area contributed by atoms with Crippen molar-refractivity contribution in [3.63, 3.8) is 0 Å². The Morgan fingerprint density at radius 2 is 2.10 bits per heavy atom. The molecule has 0 radical (unpaired) electrons. The molecule has 0 saturated heterocycles. The van der Waals surface area contributed by atoms with Gasteiger partial charge in [0.2, 0.25) is 0 Å². The van der Waals surface area contributed by atoms with E-state index >= 15 is 0 Å². The number of imidazole rings is 1. The highest BCUT2D eigenvalue weighted by Gasteiger charge is 2.11. The second-order valence-corrected chi connectivity index (χ2v) is 5.81. The van der Waals surface area contributed by atoms with Gasteiger partial charge in [-0.2, -0.15) is 5.10 Å². The Kier molecular flexibility index (Phi) is 5.50. The molecule has 0 aliphatic carbocycles. The van der Waals surface area contributed by atoms with Gasteiger partial charge in [0.1, 0.15) is 18.0 Å². The highest BCUT2D eigenvalue weighted by atomic mass is 15.3. The van der Waals surface area contributed by atoms with Crippen molar-refractivity contribution in [2.24, 2.45) is 5.92 Å². The third-order valence-corrected chi connectivity index (χ3v) is 3.43. The molecule has 0 aliphatic rings. The fourth-order valence-electron chi connectivity index (χ4n) is 2.31. The lowest BCUT2D eigenvalue weighted by molar-refractivity contribution is 0.522.